The summed E-state index contributed by atoms with van der Waals surface area (Å²) in [6.07, 6.45) is -0.248. The number of ether oxygens (including phenoxy) is 1. The Kier molecular flexibility index (Phi) is 7.31. The molecule has 2 aromatic rings. The van der Waals surface area contributed by atoms with Crippen molar-refractivity contribution < 1.29 is 36.3 Å². The Morgan fingerprint density at radius 3 is 2.11 bits per heavy atom. The summed E-state index contributed by atoms with van der Waals surface area (Å²) in [6.45, 7) is -0.0456. The van der Waals surface area contributed by atoms with Crippen LogP contribution in [0.5, 0.6) is 0 Å². The van der Waals surface area contributed by atoms with E-state index in [0.29, 0.717) is 5.56 Å². The van der Waals surface area contributed by atoms with Crippen LogP contribution < -0.4 is 4.72 Å². The fraction of sp³-hybridized carbons (Fsp3) is 0.176. The predicted octanol–water partition coefficient (Wildman–Crippen LogP) is 3.68. The molecular formula is C17H12F5NO3S. The zero-order chi connectivity index (χ0) is 20.0. The van der Waals surface area contributed by atoms with E-state index in [4.69, 9.17) is 4.74 Å². The number of hydrogen-bond donors (Lipinski definition) is 1. The van der Waals surface area contributed by atoms with Crippen LogP contribution in [0.3, 0.4) is 0 Å². The van der Waals surface area contributed by atoms with Gasteiger partial charge in [0.1, 0.15) is 17.8 Å². The van der Waals surface area contributed by atoms with Crippen LogP contribution in [-0.2, 0) is 20.9 Å². The molecule has 0 amide bonds. The normalized spacial score (nSPS) is 11.9. The van der Waals surface area contributed by atoms with E-state index >= 15 is 0 Å². The van der Waals surface area contributed by atoms with Crippen molar-refractivity contribution in [3.63, 3.8) is 0 Å². The standard InChI is InChI=1S/C17H12F5NO3S/c18-12-13(19)15(21)17(16(22)14(12)20)27-23-10(7-24)6-11(25)26-8-9-4-2-1-3-5-9/h1-5,7,10,23H,6,8H2. The molecule has 0 aliphatic heterocycles. The third kappa shape index (κ3) is 5.27. The maximum Gasteiger partial charge on any atom is 0.308 e. The molecular weight excluding hydrogens is 393 g/mol. The third-order valence-corrected chi connectivity index (χ3v) is 4.26. The van der Waals surface area contributed by atoms with Crippen LogP contribution in [0.1, 0.15) is 12.0 Å². The maximum atomic E-state index is 13.6. The molecule has 0 aromatic heterocycles. The summed E-state index contributed by atoms with van der Waals surface area (Å²) in [5.74, 6) is -11.4. The van der Waals surface area contributed by atoms with Gasteiger partial charge in [-0.15, -0.1) is 0 Å². The molecule has 1 unspecified atom stereocenters. The number of carbonyl (C=O) groups excluding carboxylic acids is 2. The summed E-state index contributed by atoms with van der Waals surface area (Å²) in [4.78, 5) is 21.5. The van der Waals surface area contributed by atoms with Gasteiger partial charge >= 0.3 is 5.97 Å². The van der Waals surface area contributed by atoms with Gasteiger partial charge in [0.15, 0.2) is 23.3 Å². The van der Waals surface area contributed by atoms with Gasteiger partial charge in [0.25, 0.3) is 0 Å². The van der Waals surface area contributed by atoms with Gasteiger partial charge in [-0.2, -0.15) is 0 Å². The first-order valence-electron chi connectivity index (χ1n) is 7.43. The predicted molar refractivity (Wildman–Crippen MR) is 85.9 cm³/mol. The zero-order valence-corrected chi connectivity index (χ0v) is 14.3. The van der Waals surface area contributed by atoms with Crippen molar-refractivity contribution in [3.05, 3.63) is 65.0 Å². The molecule has 0 fully saturated rings. The molecule has 0 aliphatic rings. The van der Waals surface area contributed by atoms with Crippen LogP contribution in [0.2, 0.25) is 0 Å². The van der Waals surface area contributed by atoms with E-state index in [2.05, 4.69) is 4.72 Å². The summed E-state index contributed by atoms with van der Waals surface area (Å²) in [7, 11) is 0. The van der Waals surface area contributed by atoms with Gasteiger partial charge < -0.3 is 9.53 Å². The minimum Gasteiger partial charge on any atom is -0.461 e. The van der Waals surface area contributed by atoms with Crippen molar-refractivity contribution in [2.75, 3.05) is 0 Å². The lowest BCUT2D eigenvalue weighted by Gasteiger charge is -2.13. The molecule has 27 heavy (non-hydrogen) atoms. The van der Waals surface area contributed by atoms with Crippen LogP contribution >= 0.6 is 11.9 Å². The third-order valence-electron chi connectivity index (χ3n) is 3.28. The Morgan fingerprint density at radius 2 is 1.56 bits per heavy atom. The Balaban J connectivity index is 1.96. The van der Waals surface area contributed by atoms with Crippen molar-refractivity contribution in [2.45, 2.75) is 24.0 Å². The molecule has 2 rings (SSSR count). The summed E-state index contributed by atoms with van der Waals surface area (Å²) in [5, 5.41) is 0. The van der Waals surface area contributed by atoms with Gasteiger partial charge in [-0.3, -0.25) is 4.79 Å². The van der Waals surface area contributed by atoms with E-state index in [1.807, 2.05) is 0 Å². The summed E-state index contributed by atoms with van der Waals surface area (Å²) < 4.78 is 73.5. The number of nitrogens with one attached hydrogen (secondary N) is 1. The van der Waals surface area contributed by atoms with Gasteiger partial charge in [-0.05, 0) is 17.5 Å². The van der Waals surface area contributed by atoms with Gasteiger partial charge in [0, 0.05) is 0 Å². The Bertz CT molecular complexity index is 806. The summed E-state index contributed by atoms with van der Waals surface area (Å²) >= 11 is 0.0141. The van der Waals surface area contributed by atoms with E-state index in [0.717, 1.165) is 0 Å². The quantitative estimate of drug-likeness (QED) is 0.181. The fourth-order valence-electron chi connectivity index (χ4n) is 1.90. The van der Waals surface area contributed by atoms with Crippen molar-refractivity contribution in [3.8, 4) is 0 Å². The molecule has 0 aliphatic carbocycles. The second-order valence-electron chi connectivity index (χ2n) is 5.21. The highest BCUT2D eigenvalue weighted by Crippen LogP contribution is 2.29. The van der Waals surface area contributed by atoms with Crippen molar-refractivity contribution in [2.24, 2.45) is 0 Å². The largest absolute Gasteiger partial charge is 0.461 e. The van der Waals surface area contributed by atoms with Crippen molar-refractivity contribution in [1.82, 2.24) is 4.72 Å². The van der Waals surface area contributed by atoms with Crippen LogP contribution in [0.15, 0.2) is 35.2 Å². The van der Waals surface area contributed by atoms with Crippen LogP contribution in [0.4, 0.5) is 22.0 Å². The maximum absolute atomic E-state index is 13.6. The monoisotopic (exact) mass is 405 g/mol. The number of carbonyl (C=O) groups is 2. The van der Waals surface area contributed by atoms with E-state index in [1.165, 1.54) is 0 Å². The van der Waals surface area contributed by atoms with Gasteiger partial charge in [-0.1, -0.05) is 30.3 Å². The van der Waals surface area contributed by atoms with Crippen molar-refractivity contribution in [1.29, 1.82) is 0 Å². The molecule has 0 bridgehead atoms. The molecule has 10 heteroatoms. The molecule has 0 heterocycles. The Morgan fingerprint density at radius 1 is 1.00 bits per heavy atom. The number of aldehydes is 1. The smallest absolute Gasteiger partial charge is 0.308 e. The van der Waals surface area contributed by atoms with E-state index in [9.17, 15) is 31.5 Å². The van der Waals surface area contributed by atoms with E-state index < -0.39 is 52.4 Å². The number of benzene rings is 2. The van der Waals surface area contributed by atoms with Gasteiger partial charge in [0.05, 0.1) is 12.5 Å². The topological polar surface area (TPSA) is 55.4 Å². The Labute approximate surface area is 154 Å². The average molecular weight is 405 g/mol. The highest BCUT2D eigenvalue weighted by Gasteiger charge is 2.27. The van der Waals surface area contributed by atoms with Crippen LogP contribution in [0, 0.1) is 29.1 Å². The highest BCUT2D eigenvalue weighted by molar-refractivity contribution is 7.97. The summed E-state index contributed by atoms with van der Waals surface area (Å²) in [5.41, 5.74) is 0.706. The number of hydrogen-bond acceptors (Lipinski definition) is 5. The molecule has 0 saturated carbocycles. The molecule has 0 radical (unpaired) electrons. The number of halogens is 5. The molecule has 1 N–H and O–H groups in total. The molecule has 0 saturated heterocycles. The van der Waals surface area contributed by atoms with Crippen LogP contribution in [0.25, 0.3) is 0 Å². The minimum atomic E-state index is -2.29. The Hall–Kier alpha value is -2.46. The molecule has 144 valence electrons. The van der Waals surface area contributed by atoms with Crippen LogP contribution in [-0.4, -0.2) is 18.3 Å². The number of esters is 1. The molecule has 1 atom stereocenters. The first-order chi connectivity index (χ1) is 12.8. The summed E-state index contributed by atoms with van der Waals surface area (Å²) in [6, 6.07) is 7.39. The van der Waals surface area contributed by atoms with Gasteiger partial charge in [-0.25, -0.2) is 26.7 Å². The van der Waals surface area contributed by atoms with Gasteiger partial charge in [0.2, 0.25) is 5.82 Å². The second-order valence-corrected chi connectivity index (χ2v) is 6.06. The minimum absolute atomic E-state index is 0.0141. The fourth-order valence-corrected chi connectivity index (χ4v) is 2.67. The lowest BCUT2D eigenvalue weighted by Crippen LogP contribution is -2.29. The SMILES string of the molecule is O=CC(CC(=O)OCc1ccccc1)NSc1c(F)c(F)c(F)c(F)c1F. The average Bonchev–Trinajstić information content (AvgIpc) is 2.69. The second kappa shape index (κ2) is 9.47. The zero-order valence-electron chi connectivity index (χ0n) is 13.5. The lowest BCUT2D eigenvalue weighted by molar-refractivity contribution is -0.146. The molecule has 4 nitrogen and oxygen atoms in total. The highest BCUT2D eigenvalue weighted by atomic mass is 32.2. The molecule has 2 aromatic carbocycles. The number of rotatable bonds is 8. The van der Waals surface area contributed by atoms with Crippen molar-refractivity contribution >= 4 is 24.2 Å². The first-order valence-corrected chi connectivity index (χ1v) is 8.25. The van der Waals surface area contributed by atoms with E-state index in [-0.39, 0.29) is 24.8 Å². The van der Waals surface area contributed by atoms with E-state index in [1.54, 1.807) is 30.3 Å². The molecule has 0 spiro atoms. The first kappa shape index (κ1) is 20.8. The lowest BCUT2D eigenvalue weighted by atomic mass is 10.2.